The number of hydrogen-bond acceptors (Lipinski definition) is 3. The maximum Gasteiger partial charge on any atom is 0.137 e. The largest absolute Gasteiger partial charge is 0.327 e. The standard InChI is InChI=1S/C14H21NOS/c15-13-5-3-1-2-4-12(13)14(16)7-6-11-8-9-17-10-11/h8-10,12-13H,1-7,15H2. The molecule has 17 heavy (non-hydrogen) atoms. The Labute approximate surface area is 107 Å². The van der Waals surface area contributed by atoms with Crippen LogP contribution in [0.2, 0.25) is 0 Å². The average Bonchev–Trinajstić information content (AvgIpc) is 2.75. The molecule has 94 valence electrons. The summed E-state index contributed by atoms with van der Waals surface area (Å²) in [7, 11) is 0. The summed E-state index contributed by atoms with van der Waals surface area (Å²) in [4.78, 5) is 12.2. The van der Waals surface area contributed by atoms with Crippen LogP contribution in [-0.2, 0) is 11.2 Å². The van der Waals surface area contributed by atoms with Crippen LogP contribution in [0.3, 0.4) is 0 Å². The van der Waals surface area contributed by atoms with Crippen molar-refractivity contribution in [1.29, 1.82) is 0 Å². The number of aryl methyl sites for hydroxylation is 1. The van der Waals surface area contributed by atoms with E-state index in [4.69, 9.17) is 5.73 Å². The number of thiophene rings is 1. The molecule has 2 nitrogen and oxygen atoms in total. The van der Waals surface area contributed by atoms with E-state index >= 15 is 0 Å². The van der Waals surface area contributed by atoms with E-state index in [1.807, 2.05) is 0 Å². The van der Waals surface area contributed by atoms with E-state index < -0.39 is 0 Å². The van der Waals surface area contributed by atoms with Gasteiger partial charge in [0.15, 0.2) is 0 Å². The monoisotopic (exact) mass is 251 g/mol. The molecule has 1 aliphatic rings. The Morgan fingerprint density at radius 2 is 2.18 bits per heavy atom. The van der Waals surface area contributed by atoms with Crippen LogP contribution in [0.4, 0.5) is 0 Å². The lowest BCUT2D eigenvalue weighted by atomic mass is 9.88. The van der Waals surface area contributed by atoms with E-state index in [0.29, 0.717) is 12.2 Å². The van der Waals surface area contributed by atoms with Gasteiger partial charge in [-0.05, 0) is 41.7 Å². The molecule has 2 unspecified atom stereocenters. The van der Waals surface area contributed by atoms with Crippen LogP contribution < -0.4 is 5.73 Å². The summed E-state index contributed by atoms with van der Waals surface area (Å²) in [5.74, 6) is 0.502. The minimum absolute atomic E-state index is 0.104. The van der Waals surface area contributed by atoms with E-state index in [0.717, 1.165) is 19.3 Å². The number of hydrogen-bond donors (Lipinski definition) is 1. The van der Waals surface area contributed by atoms with E-state index in [1.54, 1.807) is 11.3 Å². The van der Waals surface area contributed by atoms with Crippen LogP contribution in [0.1, 0.15) is 44.1 Å². The molecule has 2 rings (SSSR count). The number of nitrogens with two attached hydrogens (primary N) is 1. The topological polar surface area (TPSA) is 43.1 Å². The minimum atomic E-state index is 0.104. The number of carbonyl (C=O) groups excluding carboxylic acids is 1. The van der Waals surface area contributed by atoms with E-state index in [1.165, 1.54) is 24.8 Å². The maximum absolute atomic E-state index is 12.2. The van der Waals surface area contributed by atoms with Gasteiger partial charge in [0.2, 0.25) is 0 Å². The second kappa shape index (κ2) is 6.31. The normalized spacial score (nSPS) is 25.5. The molecule has 1 heterocycles. The van der Waals surface area contributed by atoms with Gasteiger partial charge in [0.25, 0.3) is 0 Å². The summed E-state index contributed by atoms with van der Waals surface area (Å²) < 4.78 is 0. The number of carbonyl (C=O) groups is 1. The molecular formula is C14H21NOS. The van der Waals surface area contributed by atoms with Crippen molar-refractivity contribution in [2.45, 2.75) is 51.0 Å². The van der Waals surface area contributed by atoms with Crippen molar-refractivity contribution in [3.8, 4) is 0 Å². The van der Waals surface area contributed by atoms with Gasteiger partial charge in [-0.2, -0.15) is 11.3 Å². The zero-order valence-electron chi connectivity index (χ0n) is 10.2. The highest BCUT2D eigenvalue weighted by Gasteiger charge is 2.26. The zero-order chi connectivity index (χ0) is 12.1. The summed E-state index contributed by atoms with van der Waals surface area (Å²) in [5, 5.41) is 4.19. The molecule has 2 atom stereocenters. The highest BCUT2D eigenvalue weighted by atomic mass is 32.1. The van der Waals surface area contributed by atoms with Crippen molar-refractivity contribution in [2.75, 3.05) is 0 Å². The van der Waals surface area contributed by atoms with Gasteiger partial charge < -0.3 is 5.73 Å². The highest BCUT2D eigenvalue weighted by Crippen LogP contribution is 2.24. The molecule has 1 aliphatic carbocycles. The van der Waals surface area contributed by atoms with Crippen molar-refractivity contribution < 1.29 is 4.79 Å². The molecule has 0 amide bonds. The SMILES string of the molecule is NC1CCCCCC1C(=O)CCc1ccsc1. The van der Waals surface area contributed by atoms with Gasteiger partial charge in [-0.1, -0.05) is 19.3 Å². The lowest BCUT2D eigenvalue weighted by molar-refractivity contribution is -0.123. The first kappa shape index (κ1) is 12.8. The summed E-state index contributed by atoms with van der Waals surface area (Å²) in [6, 6.07) is 2.21. The van der Waals surface area contributed by atoms with Crippen molar-refractivity contribution in [3.63, 3.8) is 0 Å². The summed E-state index contributed by atoms with van der Waals surface area (Å²) in [6.07, 6.45) is 7.17. The second-order valence-corrected chi connectivity index (χ2v) is 5.79. The van der Waals surface area contributed by atoms with Gasteiger partial charge in [0.05, 0.1) is 0 Å². The number of Topliss-reactive ketones (excluding diaryl/α,β-unsaturated/α-hetero) is 1. The molecule has 0 spiro atoms. The van der Waals surface area contributed by atoms with Gasteiger partial charge in [-0.3, -0.25) is 4.79 Å². The van der Waals surface area contributed by atoms with Gasteiger partial charge in [-0.25, -0.2) is 0 Å². The van der Waals surface area contributed by atoms with Crippen LogP contribution in [0.25, 0.3) is 0 Å². The molecule has 0 aliphatic heterocycles. The van der Waals surface area contributed by atoms with Crippen molar-refractivity contribution >= 4 is 17.1 Å². The Balaban J connectivity index is 1.85. The second-order valence-electron chi connectivity index (χ2n) is 5.01. The Morgan fingerprint density at radius 1 is 1.35 bits per heavy atom. The van der Waals surface area contributed by atoms with Crippen LogP contribution >= 0.6 is 11.3 Å². The van der Waals surface area contributed by atoms with Crippen molar-refractivity contribution in [1.82, 2.24) is 0 Å². The molecule has 0 saturated heterocycles. The third-order valence-electron chi connectivity index (χ3n) is 3.72. The lowest BCUT2D eigenvalue weighted by Gasteiger charge is -2.19. The van der Waals surface area contributed by atoms with Crippen LogP contribution in [0.5, 0.6) is 0 Å². The first-order valence-corrected chi connectivity index (χ1v) is 7.51. The number of rotatable bonds is 4. The summed E-state index contributed by atoms with van der Waals surface area (Å²) in [6.45, 7) is 0. The predicted octanol–water partition coefficient (Wildman–Crippen LogP) is 3.16. The van der Waals surface area contributed by atoms with Crippen molar-refractivity contribution in [3.05, 3.63) is 22.4 Å². The molecule has 2 N–H and O–H groups in total. The average molecular weight is 251 g/mol. The maximum atomic E-state index is 12.2. The molecule has 3 heteroatoms. The van der Waals surface area contributed by atoms with Gasteiger partial charge in [0.1, 0.15) is 5.78 Å². The Kier molecular flexibility index (Phi) is 4.75. The fourth-order valence-electron chi connectivity index (χ4n) is 2.62. The third-order valence-corrected chi connectivity index (χ3v) is 4.46. The predicted molar refractivity (Wildman–Crippen MR) is 72.2 cm³/mol. The van der Waals surface area contributed by atoms with Crippen LogP contribution in [0.15, 0.2) is 16.8 Å². The summed E-state index contributed by atoms with van der Waals surface area (Å²) >= 11 is 1.69. The molecule has 0 bridgehead atoms. The Hall–Kier alpha value is -0.670. The Morgan fingerprint density at radius 3 is 2.94 bits per heavy atom. The van der Waals surface area contributed by atoms with Crippen LogP contribution in [0, 0.1) is 5.92 Å². The number of ketones is 1. The van der Waals surface area contributed by atoms with Gasteiger partial charge in [-0.15, -0.1) is 0 Å². The molecule has 1 saturated carbocycles. The first-order chi connectivity index (χ1) is 8.27. The third kappa shape index (κ3) is 3.65. The molecule has 0 aromatic carbocycles. The fourth-order valence-corrected chi connectivity index (χ4v) is 3.33. The lowest BCUT2D eigenvalue weighted by Crippen LogP contribution is -2.34. The minimum Gasteiger partial charge on any atom is -0.327 e. The van der Waals surface area contributed by atoms with Crippen molar-refractivity contribution in [2.24, 2.45) is 11.7 Å². The van der Waals surface area contributed by atoms with E-state index in [9.17, 15) is 4.79 Å². The Bertz CT molecular complexity index is 347. The zero-order valence-corrected chi connectivity index (χ0v) is 11.0. The van der Waals surface area contributed by atoms with E-state index in [2.05, 4.69) is 16.8 Å². The van der Waals surface area contributed by atoms with Crippen LogP contribution in [-0.4, -0.2) is 11.8 Å². The first-order valence-electron chi connectivity index (χ1n) is 6.57. The summed E-state index contributed by atoms with van der Waals surface area (Å²) in [5.41, 5.74) is 7.39. The molecule has 0 radical (unpaired) electrons. The quantitative estimate of drug-likeness (QED) is 0.835. The molecular weight excluding hydrogens is 230 g/mol. The van der Waals surface area contributed by atoms with E-state index in [-0.39, 0.29) is 12.0 Å². The fraction of sp³-hybridized carbons (Fsp3) is 0.643. The highest BCUT2D eigenvalue weighted by molar-refractivity contribution is 7.07. The van der Waals surface area contributed by atoms with Gasteiger partial charge >= 0.3 is 0 Å². The molecule has 1 fully saturated rings. The smallest absolute Gasteiger partial charge is 0.137 e. The molecule has 1 aromatic heterocycles. The molecule has 1 aromatic rings. The van der Waals surface area contributed by atoms with Gasteiger partial charge in [0, 0.05) is 18.4 Å².